The van der Waals surface area contributed by atoms with Gasteiger partial charge in [0.1, 0.15) is 5.82 Å². The number of pyridine rings is 2. The highest BCUT2D eigenvalue weighted by Crippen LogP contribution is 2.27. The Morgan fingerprint density at radius 2 is 1.36 bits per heavy atom. The maximum Gasteiger partial charge on any atom is 0.259 e. The Morgan fingerprint density at radius 3 is 2.03 bits per heavy atom. The van der Waals surface area contributed by atoms with E-state index in [2.05, 4.69) is 15.6 Å². The Balaban J connectivity index is 1.75. The first kappa shape index (κ1) is 20.2. The van der Waals surface area contributed by atoms with Crippen LogP contribution in [0.1, 0.15) is 10.4 Å². The number of hydrogen-bond acceptors (Lipinski definition) is 4. The third-order valence-corrected chi connectivity index (χ3v) is 5.25. The average Bonchev–Trinajstić information content (AvgIpc) is 2.86. The molecule has 3 aromatic carbocycles. The number of hydrogen-bond donors (Lipinski definition) is 2. The van der Waals surface area contributed by atoms with E-state index in [1.165, 1.54) is 18.5 Å². The minimum Gasteiger partial charge on any atom is -0.341 e. The summed E-state index contributed by atoms with van der Waals surface area (Å²) in [6.45, 7) is 0. The summed E-state index contributed by atoms with van der Waals surface area (Å²) in [6, 6.07) is 29.9. The molecule has 0 radical (unpaired) electrons. The first-order valence-electron chi connectivity index (χ1n) is 10.5. The van der Waals surface area contributed by atoms with Gasteiger partial charge in [0.25, 0.3) is 5.91 Å². The van der Waals surface area contributed by atoms with E-state index in [0.717, 1.165) is 11.4 Å². The van der Waals surface area contributed by atoms with E-state index >= 15 is 0 Å². The van der Waals surface area contributed by atoms with Gasteiger partial charge in [-0.15, -0.1) is 0 Å². The molecule has 1 amide bonds. The smallest absolute Gasteiger partial charge is 0.259 e. The Kier molecular flexibility index (Phi) is 5.39. The number of nitrogens with zero attached hydrogens (tertiary/aromatic N) is 2. The number of carbonyl (C=O) groups is 1. The molecule has 0 saturated carbocycles. The van der Waals surface area contributed by atoms with Crippen molar-refractivity contribution in [2.75, 3.05) is 10.6 Å². The molecule has 5 aromatic rings. The fourth-order valence-electron chi connectivity index (χ4n) is 3.75. The van der Waals surface area contributed by atoms with E-state index in [4.69, 9.17) is 0 Å². The molecule has 0 aliphatic carbocycles. The highest BCUT2D eigenvalue weighted by molar-refractivity contribution is 6.12. The van der Waals surface area contributed by atoms with Crippen LogP contribution in [0.25, 0.3) is 16.6 Å². The van der Waals surface area contributed by atoms with Crippen LogP contribution in [-0.4, -0.2) is 15.5 Å². The second-order valence-electron chi connectivity index (χ2n) is 7.46. The predicted octanol–water partition coefficient (Wildman–Crippen LogP) is 5.38. The maximum atomic E-state index is 13.3. The lowest BCUT2D eigenvalue weighted by Crippen LogP contribution is -2.19. The molecule has 2 heterocycles. The number of fused-ring (bicyclic) bond motifs is 1. The number of benzene rings is 3. The van der Waals surface area contributed by atoms with E-state index < -0.39 is 0 Å². The number of nitrogens with one attached hydrogen (secondary N) is 2. The molecule has 6 nitrogen and oxygen atoms in total. The molecule has 0 atom stereocenters. The highest BCUT2D eigenvalue weighted by atomic mass is 16.1. The fraction of sp³-hybridized carbons (Fsp3) is 0. The van der Waals surface area contributed by atoms with Gasteiger partial charge in [-0.2, -0.15) is 0 Å². The summed E-state index contributed by atoms with van der Waals surface area (Å²) in [7, 11) is 0. The zero-order valence-corrected chi connectivity index (χ0v) is 17.6. The van der Waals surface area contributed by atoms with Crippen molar-refractivity contribution in [2.45, 2.75) is 0 Å². The summed E-state index contributed by atoms with van der Waals surface area (Å²) in [5, 5.41) is 6.59. The number of carbonyl (C=O) groups excluding carboxylic acids is 1. The molecule has 6 heteroatoms. The molecule has 160 valence electrons. The molecule has 5 rings (SSSR count). The van der Waals surface area contributed by atoms with Crippen LogP contribution in [0.5, 0.6) is 0 Å². The molecule has 0 aliphatic heterocycles. The van der Waals surface area contributed by atoms with Crippen molar-refractivity contribution in [3.63, 3.8) is 0 Å². The predicted molar refractivity (Wildman–Crippen MR) is 131 cm³/mol. The van der Waals surface area contributed by atoms with Crippen molar-refractivity contribution >= 4 is 34.0 Å². The van der Waals surface area contributed by atoms with Gasteiger partial charge in [-0.3, -0.25) is 19.1 Å². The van der Waals surface area contributed by atoms with Crippen molar-refractivity contribution < 1.29 is 4.79 Å². The molecule has 0 fully saturated rings. The van der Waals surface area contributed by atoms with Crippen molar-refractivity contribution in [1.82, 2.24) is 9.55 Å². The van der Waals surface area contributed by atoms with Crippen molar-refractivity contribution in [3.05, 3.63) is 125 Å². The summed E-state index contributed by atoms with van der Waals surface area (Å²) in [4.78, 5) is 30.6. The lowest BCUT2D eigenvalue weighted by atomic mass is 10.1. The van der Waals surface area contributed by atoms with Crippen LogP contribution in [-0.2, 0) is 0 Å². The van der Waals surface area contributed by atoms with Crippen molar-refractivity contribution in [1.29, 1.82) is 0 Å². The number of rotatable bonds is 5. The van der Waals surface area contributed by atoms with Gasteiger partial charge < -0.3 is 10.6 Å². The standard InChI is InChI=1S/C27H20N4O2/c32-24-16-25(29-19-10-4-1-5-11-19)31(21-14-8-3-9-15-21)26-22(24)17-28-18-23(26)27(33)30-20-12-6-2-7-13-20/h1-18,29H,(H,30,33). The van der Waals surface area contributed by atoms with Gasteiger partial charge in [-0.1, -0.05) is 54.6 Å². The zero-order chi connectivity index (χ0) is 22.6. The van der Waals surface area contributed by atoms with Crippen LogP contribution in [0.2, 0.25) is 0 Å². The molecule has 2 aromatic heterocycles. The topological polar surface area (TPSA) is 76.0 Å². The Bertz CT molecular complexity index is 1480. The molecular formula is C27H20N4O2. The van der Waals surface area contributed by atoms with Crippen molar-refractivity contribution in [2.24, 2.45) is 0 Å². The molecule has 0 bridgehead atoms. The minimum absolute atomic E-state index is 0.225. The zero-order valence-electron chi connectivity index (χ0n) is 17.6. The number of amides is 1. The van der Waals surface area contributed by atoms with Gasteiger partial charge in [0, 0.05) is 35.5 Å². The quantitative estimate of drug-likeness (QED) is 0.391. The molecule has 0 unspecified atom stereocenters. The first-order valence-corrected chi connectivity index (χ1v) is 10.5. The van der Waals surface area contributed by atoms with Crippen LogP contribution in [0.15, 0.2) is 114 Å². The summed E-state index contributed by atoms with van der Waals surface area (Å²) < 4.78 is 1.88. The molecular weight excluding hydrogens is 412 g/mol. The van der Waals surface area contributed by atoms with E-state index in [9.17, 15) is 9.59 Å². The Labute approximate surface area is 190 Å². The SMILES string of the molecule is O=C(Nc1ccccc1)c1cncc2c(=O)cc(Nc3ccccc3)n(-c3ccccc3)c12. The minimum atomic E-state index is -0.347. The fourth-order valence-corrected chi connectivity index (χ4v) is 3.75. The summed E-state index contributed by atoms with van der Waals surface area (Å²) >= 11 is 0. The Morgan fingerprint density at radius 1 is 0.758 bits per heavy atom. The molecule has 2 N–H and O–H groups in total. The molecule has 33 heavy (non-hydrogen) atoms. The van der Waals surface area contributed by atoms with Crippen LogP contribution in [0, 0.1) is 0 Å². The van der Waals surface area contributed by atoms with Gasteiger partial charge in [0.2, 0.25) is 0 Å². The number of para-hydroxylation sites is 3. The van der Waals surface area contributed by atoms with E-state index in [1.54, 1.807) is 0 Å². The largest absolute Gasteiger partial charge is 0.341 e. The normalized spacial score (nSPS) is 10.7. The molecule has 0 saturated heterocycles. The number of anilines is 3. The second kappa shape index (κ2) is 8.80. The van der Waals surface area contributed by atoms with Gasteiger partial charge in [0.05, 0.1) is 16.5 Å². The lowest BCUT2D eigenvalue weighted by molar-refractivity contribution is 0.102. The summed E-state index contributed by atoms with van der Waals surface area (Å²) in [5.74, 6) is 0.199. The van der Waals surface area contributed by atoms with Crippen LogP contribution in [0.3, 0.4) is 0 Å². The van der Waals surface area contributed by atoms with E-state index in [1.807, 2.05) is 95.6 Å². The Hall–Kier alpha value is -4.71. The van der Waals surface area contributed by atoms with Crippen LogP contribution >= 0.6 is 0 Å². The molecule has 0 aliphatic rings. The van der Waals surface area contributed by atoms with Gasteiger partial charge in [-0.25, -0.2) is 0 Å². The number of aromatic nitrogens is 2. The first-order chi connectivity index (χ1) is 16.2. The third kappa shape index (κ3) is 4.09. The second-order valence-corrected chi connectivity index (χ2v) is 7.46. The summed E-state index contributed by atoms with van der Waals surface area (Å²) in [6.07, 6.45) is 2.99. The average molecular weight is 432 g/mol. The lowest BCUT2D eigenvalue weighted by Gasteiger charge is -2.20. The summed E-state index contributed by atoms with van der Waals surface area (Å²) in [5.41, 5.74) is 2.85. The van der Waals surface area contributed by atoms with Crippen LogP contribution < -0.4 is 16.1 Å². The van der Waals surface area contributed by atoms with E-state index in [0.29, 0.717) is 28.0 Å². The van der Waals surface area contributed by atoms with Gasteiger partial charge in [-0.05, 0) is 36.4 Å². The molecule has 0 spiro atoms. The highest BCUT2D eigenvalue weighted by Gasteiger charge is 2.19. The van der Waals surface area contributed by atoms with Gasteiger partial charge in [0.15, 0.2) is 5.43 Å². The van der Waals surface area contributed by atoms with Gasteiger partial charge >= 0.3 is 0 Å². The van der Waals surface area contributed by atoms with Crippen molar-refractivity contribution in [3.8, 4) is 5.69 Å². The van der Waals surface area contributed by atoms with Crippen LogP contribution in [0.4, 0.5) is 17.2 Å². The third-order valence-electron chi connectivity index (χ3n) is 5.25. The van der Waals surface area contributed by atoms with E-state index in [-0.39, 0.29) is 11.3 Å². The maximum absolute atomic E-state index is 13.3. The monoisotopic (exact) mass is 432 g/mol.